The summed E-state index contributed by atoms with van der Waals surface area (Å²) in [6, 6.07) is 2.32. The average molecular weight is 1050 g/mol. The summed E-state index contributed by atoms with van der Waals surface area (Å²) in [4.78, 5) is 166. The van der Waals surface area contributed by atoms with Gasteiger partial charge in [0.1, 0.15) is 29.5 Å². The Morgan fingerprint density at radius 2 is 1.03 bits per heavy atom. The molecule has 0 bridgehead atoms. The van der Waals surface area contributed by atoms with Crippen LogP contribution in [0.4, 0.5) is 9.59 Å². The van der Waals surface area contributed by atoms with Gasteiger partial charge in [-0.1, -0.05) is 60.7 Å². The molecule has 0 saturated carbocycles. The Bertz CT molecular complexity index is 2570. The van der Waals surface area contributed by atoms with Crippen LogP contribution in [0.2, 0.25) is 0 Å². The Morgan fingerprint density at radius 3 is 1.42 bits per heavy atom. The van der Waals surface area contributed by atoms with E-state index in [9.17, 15) is 68.1 Å². The number of piperazine rings is 2. The van der Waals surface area contributed by atoms with Crippen LogP contribution in [-0.2, 0) is 47.9 Å². The quantitative estimate of drug-likeness (QED) is 0.0969. The molecule has 4 aliphatic heterocycles. The zero-order valence-corrected chi connectivity index (χ0v) is 42.1. The van der Waals surface area contributed by atoms with Gasteiger partial charge in [0.05, 0.1) is 5.37 Å². The molecule has 0 spiro atoms. The van der Waals surface area contributed by atoms with Crippen molar-refractivity contribution in [2.75, 3.05) is 39.3 Å². The van der Waals surface area contributed by atoms with E-state index in [0.29, 0.717) is 9.80 Å². The molecule has 4 aliphatic rings. The summed E-state index contributed by atoms with van der Waals surface area (Å²) in [6.07, 6.45) is 0. The number of amides is 11. The summed E-state index contributed by atoms with van der Waals surface area (Å²) in [5.74, 6) is -12.3. The van der Waals surface area contributed by atoms with Crippen molar-refractivity contribution in [3.05, 3.63) is 71.8 Å². The van der Waals surface area contributed by atoms with Crippen molar-refractivity contribution < 1.29 is 72.9 Å². The highest BCUT2D eigenvalue weighted by Crippen LogP contribution is 2.48. The van der Waals surface area contributed by atoms with E-state index in [1.54, 1.807) is 26.0 Å². The maximum Gasteiger partial charge on any atom is 0.329 e. The van der Waals surface area contributed by atoms with Crippen molar-refractivity contribution in [1.29, 1.82) is 0 Å². The standard InChI is InChI=1S/C46H56N10O15S2/c1-7-52-19-21-54(37(62)35(52)60)43(70)49-25(23-15-11-9-12-16-23)31(57)47-27(40(64)65)33-51-29(45(3,4)72-33)34(59)56-30(42(68)69)46(5,6)73-39(56)28(41(66)67)48-32(58)26(24-17-13-10-14-18-24)50-44(71)55-22-20-53(8-2)36(61)38(55)63/h9-18,25-30,33,39,51H,7-8,19-22H2,1-6H3,(H,47,57)(H,48,58)(H,49,70)(H,50,71)(H,64,65)(H,66,67)(H,68,69)/t25-,26-,27?,28?,29+,30+,33?,39?/m1/s1. The normalized spacial score (nSPS) is 23.2. The number of urea groups is 2. The number of likely N-dealkylation sites (N-methyl/N-ethyl adjacent to an activating group) is 2. The zero-order valence-electron chi connectivity index (χ0n) is 40.4. The Balaban J connectivity index is 1.26. The Kier molecular flexibility index (Phi) is 16.8. The highest BCUT2D eigenvalue weighted by Gasteiger charge is 2.61. The van der Waals surface area contributed by atoms with Crippen LogP contribution in [0.3, 0.4) is 0 Å². The van der Waals surface area contributed by atoms with Crippen molar-refractivity contribution in [3.8, 4) is 0 Å². The van der Waals surface area contributed by atoms with Crippen molar-refractivity contribution in [2.45, 2.75) is 98.0 Å². The first-order valence-corrected chi connectivity index (χ1v) is 24.8. The fourth-order valence-electron chi connectivity index (χ4n) is 8.92. The van der Waals surface area contributed by atoms with Crippen LogP contribution in [0.25, 0.3) is 0 Å². The summed E-state index contributed by atoms with van der Waals surface area (Å²) >= 11 is 1.62. The lowest BCUT2D eigenvalue weighted by atomic mass is 9.96. The SMILES string of the molecule is CCN1CCN(C(=O)N[C@@H](C(=O)NC(C(=O)O)C2N[C@@H](C(=O)N3C(C(NC(=O)[C@H](NC(=O)N4CCN(CC)C(=O)C4=O)c4ccccc4)C(=O)O)SC(C)(C)[C@@H]3C(=O)O)C(C)(C)S2)c2ccccc2)C(=O)C1=O. The number of aliphatic carboxylic acids is 3. The van der Waals surface area contributed by atoms with Gasteiger partial charge in [-0.2, -0.15) is 0 Å². The van der Waals surface area contributed by atoms with Crippen LogP contribution >= 0.6 is 23.5 Å². The van der Waals surface area contributed by atoms with Gasteiger partial charge in [0.25, 0.3) is 0 Å². The lowest BCUT2D eigenvalue weighted by Gasteiger charge is -2.37. The average Bonchev–Trinajstić information content (AvgIpc) is 3.82. The summed E-state index contributed by atoms with van der Waals surface area (Å²) in [6.45, 7) is 9.31. The number of thioether (sulfide) groups is 2. The number of carbonyl (C=O) groups excluding carboxylic acids is 9. The number of carboxylic acids is 3. The number of benzene rings is 2. The minimum Gasteiger partial charge on any atom is -0.480 e. The number of hydrogen-bond acceptors (Lipinski definition) is 15. The van der Waals surface area contributed by atoms with Crippen LogP contribution in [0.1, 0.15) is 64.8 Å². The number of carbonyl (C=O) groups is 12. The van der Waals surface area contributed by atoms with Crippen molar-refractivity contribution in [1.82, 2.24) is 51.1 Å². The van der Waals surface area contributed by atoms with Gasteiger partial charge in [-0.05, 0) is 52.7 Å². The van der Waals surface area contributed by atoms with E-state index in [1.165, 1.54) is 86.0 Å². The molecule has 2 aromatic carbocycles. The molecule has 25 nitrogen and oxygen atoms in total. The molecule has 0 radical (unpaired) electrons. The first-order valence-electron chi connectivity index (χ1n) is 23.0. The van der Waals surface area contributed by atoms with Crippen LogP contribution in [0, 0.1) is 0 Å². The third-order valence-corrected chi connectivity index (χ3v) is 15.8. The molecule has 0 aromatic heterocycles. The molecule has 8 atom stereocenters. The van der Waals surface area contributed by atoms with Gasteiger partial charge in [-0.25, -0.2) is 24.0 Å². The maximum atomic E-state index is 15.1. The van der Waals surface area contributed by atoms with Gasteiger partial charge in [-0.15, -0.1) is 23.5 Å². The number of nitrogens with zero attached hydrogens (tertiary/aromatic N) is 5. The molecule has 2 aromatic rings. The summed E-state index contributed by atoms with van der Waals surface area (Å²) in [5.41, 5.74) is 0.284. The summed E-state index contributed by atoms with van der Waals surface area (Å²) < 4.78 is -2.78. The van der Waals surface area contributed by atoms with E-state index in [4.69, 9.17) is 0 Å². The zero-order chi connectivity index (χ0) is 53.9. The first kappa shape index (κ1) is 55.1. The number of hydrogen-bond donors (Lipinski definition) is 8. The highest BCUT2D eigenvalue weighted by molar-refractivity contribution is 8.02. The number of imide groups is 2. The monoisotopic (exact) mass is 1050 g/mol. The molecule has 4 unspecified atom stereocenters. The van der Waals surface area contributed by atoms with E-state index in [2.05, 4.69) is 26.6 Å². The third-order valence-electron chi connectivity index (χ3n) is 12.7. The number of rotatable bonds is 16. The fraction of sp³-hybridized carbons (Fsp3) is 0.478. The van der Waals surface area contributed by atoms with Gasteiger partial charge < -0.3 is 51.3 Å². The molecule has 6 rings (SSSR count). The molecule has 392 valence electrons. The van der Waals surface area contributed by atoms with Crippen LogP contribution in [0.5, 0.6) is 0 Å². The molecule has 73 heavy (non-hydrogen) atoms. The highest BCUT2D eigenvalue weighted by atomic mass is 32.2. The molecule has 0 aliphatic carbocycles. The Hall–Kier alpha value is -7.26. The lowest BCUT2D eigenvalue weighted by molar-refractivity contribution is -0.155. The van der Waals surface area contributed by atoms with Crippen molar-refractivity contribution in [2.24, 2.45) is 0 Å². The van der Waals surface area contributed by atoms with E-state index in [1.807, 2.05) is 0 Å². The fourth-order valence-corrected chi connectivity index (χ4v) is 12.0. The van der Waals surface area contributed by atoms with Crippen LogP contribution in [0.15, 0.2) is 60.7 Å². The summed E-state index contributed by atoms with van der Waals surface area (Å²) in [7, 11) is 0. The first-order chi connectivity index (χ1) is 34.3. The van der Waals surface area contributed by atoms with Crippen molar-refractivity contribution >= 4 is 94.8 Å². The second-order valence-electron chi connectivity index (χ2n) is 18.3. The molecule has 4 fully saturated rings. The van der Waals surface area contributed by atoms with Crippen molar-refractivity contribution in [3.63, 3.8) is 0 Å². The molecule has 8 N–H and O–H groups in total. The van der Waals surface area contributed by atoms with E-state index in [-0.39, 0.29) is 50.4 Å². The largest absolute Gasteiger partial charge is 0.480 e. The minimum atomic E-state index is -2.09. The molecule has 4 saturated heterocycles. The lowest BCUT2D eigenvalue weighted by Crippen LogP contribution is -2.64. The van der Waals surface area contributed by atoms with Crippen LogP contribution in [-0.4, -0.2) is 195 Å². The van der Waals surface area contributed by atoms with E-state index < -0.39 is 128 Å². The molecule has 27 heteroatoms. The van der Waals surface area contributed by atoms with E-state index >= 15 is 4.79 Å². The Morgan fingerprint density at radius 1 is 0.603 bits per heavy atom. The molecule has 4 heterocycles. The second-order valence-corrected chi connectivity index (χ2v) is 21.8. The second kappa shape index (κ2) is 22.2. The third kappa shape index (κ3) is 11.5. The number of carboxylic acid groups (broad SMARTS) is 3. The predicted octanol–water partition coefficient (Wildman–Crippen LogP) is -0.649. The maximum absolute atomic E-state index is 15.1. The van der Waals surface area contributed by atoms with Gasteiger partial charge in [0.15, 0.2) is 12.1 Å². The predicted molar refractivity (Wildman–Crippen MR) is 259 cm³/mol. The summed E-state index contributed by atoms with van der Waals surface area (Å²) in [5, 5.41) is 41.5. The Labute approximate surface area is 426 Å². The topological polar surface area (TPSA) is 342 Å². The molecular formula is C46H56N10O15S2. The molecule has 11 amide bonds. The molecular weight excluding hydrogens is 997 g/mol. The smallest absolute Gasteiger partial charge is 0.329 e. The van der Waals surface area contributed by atoms with E-state index in [0.717, 1.165) is 28.4 Å². The van der Waals surface area contributed by atoms with Crippen LogP contribution < -0.4 is 26.6 Å². The van der Waals surface area contributed by atoms with Gasteiger partial charge >= 0.3 is 53.6 Å². The van der Waals surface area contributed by atoms with Gasteiger partial charge in [-0.3, -0.25) is 48.7 Å². The van der Waals surface area contributed by atoms with Gasteiger partial charge in [0, 0.05) is 48.8 Å². The van der Waals surface area contributed by atoms with Gasteiger partial charge in [0.2, 0.25) is 17.7 Å². The number of nitrogens with one attached hydrogen (secondary N) is 5. The minimum absolute atomic E-state index is 0.0132.